The number of amides is 1. The normalized spacial score (nSPS) is 10.9. The Bertz CT molecular complexity index is 862. The first-order chi connectivity index (χ1) is 11.1. The Morgan fingerprint density at radius 3 is 2.70 bits per heavy atom. The van der Waals surface area contributed by atoms with Gasteiger partial charge < -0.3 is 15.6 Å². The molecule has 0 spiro atoms. The van der Waals surface area contributed by atoms with Gasteiger partial charge in [0.05, 0.1) is 11.1 Å². The van der Waals surface area contributed by atoms with E-state index in [1.807, 2.05) is 41.1 Å². The zero-order valence-electron chi connectivity index (χ0n) is 12.0. The number of nitrogens with one attached hydrogen (secondary N) is 1. The molecule has 0 aliphatic heterocycles. The first kappa shape index (κ1) is 15.6. The van der Waals surface area contributed by atoms with Crippen LogP contribution in [0.1, 0.15) is 5.56 Å². The molecular weight excluding hydrogens is 334 g/mol. The van der Waals surface area contributed by atoms with Crippen LogP contribution in [0.25, 0.3) is 11.0 Å². The number of nitrogens with two attached hydrogens (primary N) is 1. The molecule has 0 bridgehead atoms. The molecule has 0 radical (unpaired) electrons. The lowest BCUT2D eigenvalue weighted by Crippen LogP contribution is -2.12. The van der Waals surface area contributed by atoms with Crippen LogP contribution in [-0.4, -0.2) is 26.2 Å². The molecule has 0 fully saturated rings. The van der Waals surface area contributed by atoms with Crippen LogP contribution in [-0.2, 0) is 11.3 Å². The molecule has 0 saturated carbocycles. The lowest BCUT2D eigenvalue weighted by atomic mass is 10.2. The maximum Gasteiger partial charge on any atom is 0.234 e. The first-order valence-electron chi connectivity index (χ1n) is 6.84. The summed E-state index contributed by atoms with van der Waals surface area (Å²) < 4.78 is 1.95. The van der Waals surface area contributed by atoms with Crippen molar-refractivity contribution in [3.63, 3.8) is 0 Å². The van der Waals surface area contributed by atoms with E-state index >= 15 is 0 Å². The molecule has 0 unspecified atom stereocenters. The second kappa shape index (κ2) is 6.47. The van der Waals surface area contributed by atoms with Crippen molar-refractivity contribution >= 4 is 52.8 Å². The minimum Gasteiger partial charge on any atom is -0.368 e. The zero-order valence-corrected chi connectivity index (χ0v) is 13.7. The summed E-state index contributed by atoms with van der Waals surface area (Å²) >= 11 is 10.00. The van der Waals surface area contributed by atoms with Crippen LogP contribution in [0.5, 0.6) is 0 Å². The largest absolute Gasteiger partial charge is 0.368 e. The van der Waals surface area contributed by atoms with E-state index < -0.39 is 0 Å². The summed E-state index contributed by atoms with van der Waals surface area (Å²) in [6, 6.07) is 9.42. The summed E-state index contributed by atoms with van der Waals surface area (Å²) in [5.74, 6) is 0.158. The number of nitrogens with zero attached hydrogens (tertiary/aromatic N) is 3. The molecule has 3 rings (SSSR count). The number of rotatable bonds is 4. The highest BCUT2D eigenvalue weighted by Crippen LogP contribution is 2.23. The van der Waals surface area contributed by atoms with E-state index in [0.717, 1.165) is 16.6 Å². The van der Waals surface area contributed by atoms with Gasteiger partial charge in [-0.05, 0) is 23.8 Å². The standard InChI is InChI=1S/C15H14ClN5OS/c16-13-11-5-6-21(14(11)20-15(17)19-13)7-9-1-3-10(4-2-9)18-12(22)8-23/h1-6,23H,7-8H2,(H,18,22)(H2,17,19,20). The summed E-state index contributed by atoms with van der Waals surface area (Å²) in [5.41, 5.74) is 8.14. The van der Waals surface area contributed by atoms with Crippen molar-refractivity contribution in [1.82, 2.24) is 14.5 Å². The molecule has 3 aromatic rings. The number of benzene rings is 1. The van der Waals surface area contributed by atoms with E-state index in [9.17, 15) is 4.79 Å². The molecule has 8 heteroatoms. The zero-order chi connectivity index (χ0) is 16.4. The van der Waals surface area contributed by atoms with Crippen LogP contribution >= 0.6 is 24.2 Å². The number of aromatic nitrogens is 3. The molecule has 2 heterocycles. The lowest BCUT2D eigenvalue weighted by molar-refractivity contribution is -0.113. The van der Waals surface area contributed by atoms with Crippen LogP contribution in [0.2, 0.25) is 5.15 Å². The van der Waals surface area contributed by atoms with E-state index in [0.29, 0.717) is 17.3 Å². The van der Waals surface area contributed by atoms with Gasteiger partial charge in [-0.25, -0.2) is 4.98 Å². The van der Waals surface area contributed by atoms with Crippen molar-refractivity contribution in [3.8, 4) is 0 Å². The molecule has 2 aromatic heterocycles. The number of thiol groups is 1. The van der Waals surface area contributed by atoms with E-state index in [-0.39, 0.29) is 17.6 Å². The fourth-order valence-electron chi connectivity index (χ4n) is 2.26. The van der Waals surface area contributed by atoms with Gasteiger partial charge in [-0.2, -0.15) is 17.6 Å². The lowest BCUT2D eigenvalue weighted by Gasteiger charge is -2.08. The van der Waals surface area contributed by atoms with Gasteiger partial charge in [0.15, 0.2) is 0 Å². The van der Waals surface area contributed by atoms with E-state index in [1.165, 1.54) is 0 Å². The Hall–Kier alpha value is -2.25. The van der Waals surface area contributed by atoms with Gasteiger partial charge in [-0.1, -0.05) is 23.7 Å². The van der Waals surface area contributed by atoms with Gasteiger partial charge in [0, 0.05) is 18.4 Å². The highest BCUT2D eigenvalue weighted by molar-refractivity contribution is 7.81. The maximum absolute atomic E-state index is 11.3. The number of hydrogen-bond donors (Lipinski definition) is 3. The highest BCUT2D eigenvalue weighted by Gasteiger charge is 2.09. The maximum atomic E-state index is 11.3. The second-order valence-electron chi connectivity index (χ2n) is 4.96. The second-order valence-corrected chi connectivity index (χ2v) is 5.63. The molecule has 6 nitrogen and oxygen atoms in total. The first-order valence-corrected chi connectivity index (χ1v) is 7.85. The fraction of sp³-hybridized carbons (Fsp3) is 0.133. The highest BCUT2D eigenvalue weighted by atomic mass is 35.5. The van der Waals surface area contributed by atoms with Crippen LogP contribution in [0.3, 0.4) is 0 Å². The molecule has 1 amide bonds. The van der Waals surface area contributed by atoms with Gasteiger partial charge in [0.1, 0.15) is 10.8 Å². The van der Waals surface area contributed by atoms with Gasteiger partial charge in [-0.15, -0.1) is 0 Å². The Morgan fingerprint density at radius 2 is 2.00 bits per heavy atom. The minimum atomic E-state index is -0.140. The molecule has 1 aromatic carbocycles. The average Bonchev–Trinajstić information content (AvgIpc) is 2.92. The Morgan fingerprint density at radius 1 is 1.26 bits per heavy atom. The molecular formula is C15H14ClN5OS. The quantitative estimate of drug-likeness (QED) is 0.500. The SMILES string of the molecule is Nc1nc(Cl)c2ccn(Cc3ccc(NC(=O)CS)cc3)c2n1. The van der Waals surface area contributed by atoms with Gasteiger partial charge >= 0.3 is 0 Å². The van der Waals surface area contributed by atoms with Gasteiger partial charge in [0.2, 0.25) is 11.9 Å². The Kier molecular flexibility index (Phi) is 4.40. The van der Waals surface area contributed by atoms with Gasteiger partial charge in [0.25, 0.3) is 0 Å². The number of hydrogen-bond acceptors (Lipinski definition) is 5. The van der Waals surface area contributed by atoms with Crippen molar-refractivity contribution in [2.24, 2.45) is 0 Å². The smallest absolute Gasteiger partial charge is 0.234 e. The Balaban J connectivity index is 1.83. The molecule has 118 valence electrons. The summed E-state index contributed by atoms with van der Waals surface area (Å²) in [4.78, 5) is 19.5. The van der Waals surface area contributed by atoms with Crippen LogP contribution < -0.4 is 11.1 Å². The number of carbonyl (C=O) groups excluding carboxylic acids is 1. The number of anilines is 2. The summed E-state index contributed by atoms with van der Waals surface area (Å²) in [5, 5.41) is 3.85. The van der Waals surface area contributed by atoms with E-state index in [4.69, 9.17) is 17.3 Å². The topological polar surface area (TPSA) is 85.8 Å². The molecule has 0 saturated heterocycles. The van der Waals surface area contributed by atoms with Crippen LogP contribution in [0.4, 0.5) is 11.6 Å². The predicted octanol–water partition coefficient (Wildman–Crippen LogP) is 2.58. The average molecular weight is 348 g/mol. The summed E-state index contributed by atoms with van der Waals surface area (Å²) in [6.45, 7) is 0.608. The van der Waals surface area contributed by atoms with Crippen molar-refractivity contribution < 1.29 is 4.79 Å². The molecule has 3 N–H and O–H groups in total. The molecule has 0 aliphatic carbocycles. The van der Waals surface area contributed by atoms with E-state index in [2.05, 4.69) is 27.9 Å². The third-order valence-electron chi connectivity index (χ3n) is 3.32. The third kappa shape index (κ3) is 3.40. The molecule has 23 heavy (non-hydrogen) atoms. The van der Waals surface area contributed by atoms with Crippen LogP contribution in [0.15, 0.2) is 36.5 Å². The number of nitrogen functional groups attached to an aromatic ring is 1. The fourth-order valence-corrected chi connectivity index (χ4v) is 2.58. The van der Waals surface area contributed by atoms with Crippen molar-refractivity contribution in [3.05, 3.63) is 47.2 Å². The number of carbonyl (C=O) groups is 1. The monoisotopic (exact) mass is 347 g/mol. The van der Waals surface area contributed by atoms with Crippen LogP contribution in [0, 0.1) is 0 Å². The summed E-state index contributed by atoms with van der Waals surface area (Å²) in [6.07, 6.45) is 1.89. The number of halogens is 1. The summed E-state index contributed by atoms with van der Waals surface area (Å²) in [7, 11) is 0. The third-order valence-corrected chi connectivity index (χ3v) is 3.90. The Labute approximate surface area is 143 Å². The molecule has 0 atom stereocenters. The van der Waals surface area contributed by atoms with Crippen molar-refractivity contribution in [2.45, 2.75) is 6.54 Å². The van der Waals surface area contributed by atoms with Gasteiger partial charge in [-0.3, -0.25) is 4.79 Å². The van der Waals surface area contributed by atoms with Crippen molar-refractivity contribution in [1.29, 1.82) is 0 Å². The van der Waals surface area contributed by atoms with E-state index in [1.54, 1.807) is 0 Å². The minimum absolute atomic E-state index is 0.140. The van der Waals surface area contributed by atoms with Crippen molar-refractivity contribution in [2.75, 3.05) is 16.8 Å². The molecule has 0 aliphatic rings. The predicted molar refractivity (Wildman–Crippen MR) is 95.0 cm³/mol. The number of fused-ring (bicyclic) bond motifs is 1.